The van der Waals surface area contributed by atoms with Gasteiger partial charge < -0.3 is 10.4 Å². The first kappa shape index (κ1) is 24.3. The molecule has 0 bridgehead atoms. The molecule has 33 heavy (non-hydrogen) atoms. The van der Waals surface area contributed by atoms with E-state index in [1.54, 1.807) is 19.9 Å². The van der Waals surface area contributed by atoms with Gasteiger partial charge in [0.25, 0.3) is 0 Å². The maximum Gasteiger partial charge on any atom is 0.239 e. The highest BCUT2D eigenvalue weighted by atomic mass is 19.3. The number of aryl methyl sites for hydroxylation is 2. The zero-order valence-electron chi connectivity index (χ0n) is 19.1. The van der Waals surface area contributed by atoms with Crippen LogP contribution < -0.4 is 5.32 Å². The summed E-state index contributed by atoms with van der Waals surface area (Å²) in [6.45, 7) is 5.86. The van der Waals surface area contributed by atoms with Gasteiger partial charge in [-0.3, -0.25) is 4.79 Å². The number of aromatic nitrogens is 4. The molecule has 1 heterocycles. The fourth-order valence-electron chi connectivity index (χ4n) is 3.66. The minimum atomic E-state index is -2.28. The van der Waals surface area contributed by atoms with Gasteiger partial charge in [-0.05, 0) is 67.1 Å². The average molecular weight is 458 g/mol. The number of carbonyl (C=O) groups excluding carboxylic acids is 1. The van der Waals surface area contributed by atoms with Gasteiger partial charge in [-0.25, -0.2) is 8.78 Å². The van der Waals surface area contributed by atoms with E-state index in [9.17, 15) is 18.7 Å². The zero-order valence-corrected chi connectivity index (χ0v) is 19.1. The minimum Gasteiger partial charge on any atom is -0.507 e. The zero-order chi connectivity index (χ0) is 24.0. The standard InChI is InChI=1S/C24H29F2N5O2/c1-15-14-19(16(2)17(3)22(15)32)27-24(33)21(18-10-6-4-7-11-18)23-28-30-31(29-23)13-9-5-8-12-20(25)26/h4,6-7,10-11,14,20-21,32H,5,8-9,12-13H2,1-3H3,(H,27,33). The van der Waals surface area contributed by atoms with Crippen LogP contribution >= 0.6 is 0 Å². The van der Waals surface area contributed by atoms with E-state index in [1.165, 1.54) is 4.80 Å². The van der Waals surface area contributed by atoms with Crippen molar-refractivity contribution in [2.45, 2.75) is 65.3 Å². The van der Waals surface area contributed by atoms with E-state index in [1.807, 2.05) is 37.3 Å². The molecule has 0 saturated heterocycles. The van der Waals surface area contributed by atoms with Crippen molar-refractivity contribution in [3.63, 3.8) is 0 Å². The normalized spacial score (nSPS) is 12.2. The first-order chi connectivity index (χ1) is 15.8. The van der Waals surface area contributed by atoms with Gasteiger partial charge in [0.15, 0.2) is 5.82 Å². The van der Waals surface area contributed by atoms with E-state index < -0.39 is 12.3 Å². The molecule has 176 valence electrons. The van der Waals surface area contributed by atoms with Crippen LogP contribution in [0.15, 0.2) is 36.4 Å². The number of carbonyl (C=O) groups is 1. The van der Waals surface area contributed by atoms with Gasteiger partial charge in [-0.2, -0.15) is 4.80 Å². The largest absolute Gasteiger partial charge is 0.507 e. The van der Waals surface area contributed by atoms with Gasteiger partial charge in [0, 0.05) is 12.1 Å². The molecule has 9 heteroatoms. The summed E-state index contributed by atoms with van der Waals surface area (Å²) in [5.41, 5.74) is 3.48. The predicted octanol–water partition coefficient (Wildman–Crippen LogP) is 4.90. The molecule has 7 nitrogen and oxygen atoms in total. The smallest absolute Gasteiger partial charge is 0.239 e. The van der Waals surface area contributed by atoms with Gasteiger partial charge in [0.05, 0.1) is 6.54 Å². The lowest BCUT2D eigenvalue weighted by Crippen LogP contribution is -2.24. The number of tetrazole rings is 1. The molecule has 3 rings (SSSR count). The van der Waals surface area contributed by atoms with Crippen LogP contribution in [0.4, 0.5) is 14.5 Å². The minimum absolute atomic E-state index is 0.109. The van der Waals surface area contributed by atoms with Crippen molar-refractivity contribution in [2.24, 2.45) is 0 Å². The molecule has 2 aromatic carbocycles. The lowest BCUT2D eigenvalue weighted by atomic mass is 9.96. The number of phenols is 1. The summed E-state index contributed by atoms with van der Waals surface area (Å²) in [4.78, 5) is 14.8. The van der Waals surface area contributed by atoms with E-state index in [0.717, 1.165) is 11.1 Å². The lowest BCUT2D eigenvalue weighted by molar-refractivity contribution is -0.116. The molecule has 1 aromatic heterocycles. The van der Waals surface area contributed by atoms with E-state index >= 15 is 0 Å². The first-order valence-corrected chi connectivity index (χ1v) is 11.0. The summed E-state index contributed by atoms with van der Waals surface area (Å²) in [5.74, 6) is -0.628. The highest BCUT2D eigenvalue weighted by molar-refractivity contribution is 5.98. The van der Waals surface area contributed by atoms with Crippen LogP contribution in [0.3, 0.4) is 0 Å². The summed E-state index contributed by atoms with van der Waals surface area (Å²) < 4.78 is 24.5. The molecule has 0 aliphatic rings. The Hall–Kier alpha value is -3.36. The van der Waals surface area contributed by atoms with Crippen LogP contribution in [-0.2, 0) is 11.3 Å². The third kappa shape index (κ3) is 6.12. The molecule has 0 radical (unpaired) electrons. The van der Waals surface area contributed by atoms with Crippen LogP contribution in [-0.4, -0.2) is 37.6 Å². The van der Waals surface area contributed by atoms with Gasteiger partial charge in [-0.15, -0.1) is 10.2 Å². The number of halogens is 2. The number of hydrogen-bond acceptors (Lipinski definition) is 5. The third-order valence-corrected chi connectivity index (χ3v) is 5.72. The fraction of sp³-hybridized carbons (Fsp3) is 0.417. The monoisotopic (exact) mass is 457 g/mol. The Morgan fingerprint density at radius 2 is 1.82 bits per heavy atom. The first-order valence-electron chi connectivity index (χ1n) is 11.0. The number of alkyl halides is 2. The number of benzene rings is 2. The predicted molar refractivity (Wildman–Crippen MR) is 122 cm³/mol. The van der Waals surface area contributed by atoms with Crippen LogP contribution in [0.1, 0.15) is 59.7 Å². The molecule has 1 unspecified atom stereocenters. The molecule has 0 aliphatic carbocycles. The molecule has 0 spiro atoms. The number of anilines is 1. The summed E-state index contributed by atoms with van der Waals surface area (Å²) >= 11 is 0. The highest BCUT2D eigenvalue weighted by Crippen LogP contribution is 2.32. The fourth-order valence-corrected chi connectivity index (χ4v) is 3.66. The highest BCUT2D eigenvalue weighted by Gasteiger charge is 2.28. The van der Waals surface area contributed by atoms with E-state index in [4.69, 9.17) is 0 Å². The van der Waals surface area contributed by atoms with Gasteiger partial charge in [0.2, 0.25) is 12.3 Å². The molecule has 0 fully saturated rings. The van der Waals surface area contributed by atoms with Crippen molar-refractivity contribution in [3.8, 4) is 5.75 Å². The van der Waals surface area contributed by atoms with Crippen molar-refractivity contribution >= 4 is 11.6 Å². The van der Waals surface area contributed by atoms with Crippen molar-refractivity contribution < 1.29 is 18.7 Å². The Labute approximate surface area is 191 Å². The van der Waals surface area contributed by atoms with Gasteiger partial charge >= 0.3 is 0 Å². The molecule has 0 saturated carbocycles. The van der Waals surface area contributed by atoms with Crippen molar-refractivity contribution in [2.75, 3.05) is 5.32 Å². The molecule has 2 N–H and O–H groups in total. The quantitative estimate of drug-likeness (QED) is 0.334. The second kappa shape index (κ2) is 11.0. The van der Waals surface area contributed by atoms with Gasteiger partial charge in [-0.1, -0.05) is 36.8 Å². The Bertz CT molecular complexity index is 1090. The molecule has 3 aromatic rings. The number of hydrogen-bond donors (Lipinski definition) is 2. The molecule has 1 atom stereocenters. The maximum atomic E-state index is 13.4. The second-order valence-electron chi connectivity index (χ2n) is 8.16. The summed E-state index contributed by atoms with van der Waals surface area (Å²) in [6, 6.07) is 10.9. The number of phenolic OH excluding ortho intramolecular Hbond substituents is 1. The van der Waals surface area contributed by atoms with Crippen LogP contribution in [0, 0.1) is 20.8 Å². The van der Waals surface area contributed by atoms with E-state index in [2.05, 4.69) is 20.7 Å². The Balaban J connectivity index is 1.80. The number of aromatic hydroxyl groups is 1. The van der Waals surface area contributed by atoms with E-state index in [-0.39, 0.29) is 23.9 Å². The Morgan fingerprint density at radius 1 is 1.09 bits per heavy atom. The topological polar surface area (TPSA) is 92.9 Å². The summed E-state index contributed by atoms with van der Waals surface area (Å²) in [6.07, 6.45) is -0.657. The van der Waals surface area contributed by atoms with Crippen LogP contribution in [0.5, 0.6) is 5.75 Å². The second-order valence-corrected chi connectivity index (χ2v) is 8.16. The molecule has 0 aliphatic heterocycles. The number of nitrogens with zero attached hydrogens (tertiary/aromatic N) is 4. The maximum absolute atomic E-state index is 13.4. The van der Waals surface area contributed by atoms with E-state index in [0.29, 0.717) is 42.6 Å². The number of amides is 1. The SMILES string of the molecule is Cc1cc(NC(=O)C(c2ccccc2)c2nnn(CCCCCC(F)F)n2)c(C)c(C)c1O. The summed E-state index contributed by atoms with van der Waals surface area (Å²) in [5, 5.41) is 25.7. The van der Waals surface area contributed by atoms with Crippen molar-refractivity contribution in [3.05, 3.63) is 64.5 Å². The molecular formula is C24H29F2N5O2. The third-order valence-electron chi connectivity index (χ3n) is 5.72. The number of nitrogens with one attached hydrogen (secondary N) is 1. The van der Waals surface area contributed by atoms with Crippen LogP contribution in [0.2, 0.25) is 0 Å². The lowest BCUT2D eigenvalue weighted by Gasteiger charge is -2.18. The van der Waals surface area contributed by atoms with Gasteiger partial charge in [0.1, 0.15) is 11.7 Å². The number of rotatable bonds is 10. The van der Waals surface area contributed by atoms with Crippen molar-refractivity contribution in [1.82, 2.24) is 20.2 Å². The number of unbranched alkanes of at least 4 members (excludes halogenated alkanes) is 2. The van der Waals surface area contributed by atoms with Crippen molar-refractivity contribution in [1.29, 1.82) is 0 Å². The van der Waals surface area contributed by atoms with Crippen LogP contribution in [0.25, 0.3) is 0 Å². The Kier molecular flexibility index (Phi) is 8.08. The molecule has 1 amide bonds. The average Bonchev–Trinajstić information content (AvgIpc) is 3.24. The summed E-state index contributed by atoms with van der Waals surface area (Å²) in [7, 11) is 0. The Morgan fingerprint density at radius 3 is 2.52 bits per heavy atom. The molecular weight excluding hydrogens is 428 g/mol.